The van der Waals surface area contributed by atoms with Gasteiger partial charge < -0.3 is 4.57 Å². The van der Waals surface area contributed by atoms with Crippen molar-refractivity contribution >= 4 is 6.29 Å². The number of nitrogens with zero attached hydrogens (tertiary/aromatic N) is 1. The minimum absolute atomic E-state index is 0.272. The van der Waals surface area contributed by atoms with Crippen LogP contribution in [0.25, 0.3) is 5.69 Å². The smallest absolute Gasteiger partial charge is 0.152 e. The number of rotatable bonds is 3. The Labute approximate surface area is 106 Å². The molecule has 0 fully saturated rings. The van der Waals surface area contributed by atoms with Gasteiger partial charge in [0.2, 0.25) is 0 Å². The Balaban J connectivity index is 2.72. The standard InChI is InChI=1S/C15H16FNO/c1-4-14-10(2)17(11(3)15(14)9-18)13-7-5-6-12(16)8-13/h5-9H,4H2,1-3H3. The average molecular weight is 245 g/mol. The maximum Gasteiger partial charge on any atom is 0.152 e. The van der Waals surface area contributed by atoms with Crippen LogP contribution in [0.5, 0.6) is 0 Å². The molecule has 0 unspecified atom stereocenters. The van der Waals surface area contributed by atoms with Gasteiger partial charge in [0, 0.05) is 22.6 Å². The predicted molar refractivity (Wildman–Crippen MR) is 70.0 cm³/mol. The highest BCUT2D eigenvalue weighted by molar-refractivity contribution is 5.80. The van der Waals surface area contributed by atoms with Gasteiger partial charge in [0.25, 0.3) is 0 Å². The van der Waals surface area contributed by atoms with Gasteiger partial charge in [-0.1, -0.05) is 13.0 Å². The van der Waals surface area contributed by atoms with Crippen LogP contribution in [0.2, 0.25) is 0 Å². The molecule has 18 heavy (non-hydrogen) atoms. The molecule has 0 aliphatic rings. The summed E-state index contributed by atoms with van der Waals surface area (Å²) < 4.78 is 15.2. The lowest BCUT2D eigenvalue weighted by molar-refractivity contribution is 0.112. The quantitative estimate of drug-likeness (QED) is 0.757. The van der Waals surface area contributed by atoms with E-state index in [1.807, 2.05) is 31.4 Å². The number of aromatic nitrogens is 1. The van der Waals surface area contributed by atoms with E-state index in [0.717, 1.165) is 40.9 Å². The Morgan fingerprint density at radius 2 is 2.00 bits per heavy atom. The Morgan fingerprint density at radius 3 is 2.50 bits per heavy atom. The third-order valence-electron chi connectivity index (χ3n) is 3.36. The molecule has 0 atom stereocenters. The first kappa shape index (κ1) is 12.6. The average Bonchev–Trinajstić information content (AvgIpc) is 2.59. The van der Waals surface area contributed by atoms with E-state index < -0.39 is 0 Å². The normalized spacial score (nSPS) is 10.7. The van der Waals surface area contributed by atoms with Gasteiger partial charge in [-0.3, -0.25) is 4.79 Å². The molecule has 0 radical (unpaired) electrons. The van der Waals surface area contributed by atoms with Crippen molar-refractivity contribution in [1.29, 1.82) is 0 Å². The first-order chi connectivity index (χ1) is 8.60. The molecule has 1 aromatic heterocycles. The van der Waals surface area contributed by atoms with Gasteiger partial charge in [-0.05, 0) is 44.0 Å². The van der Waals surface area contributed by atoms with E-state index in [9.17, 15) is 9.18 Å². The molecule has 0 N–H and O–H groups in total. The molecular formula is C15H16FNO. The van der Waals surface area contributed by atoms with E-state index in [2.05, 4.69) is 0 Å². The van der Waals surface area contributed by atoms with Crippen LogP contribution in [-0.2, 0) is 6.42 Å². The summed E-state index contributed by atoms with van der Waals surface area (Å²) in [6.45, 7) is 5.87. The zero-order valence-electron chi connectivity index (χ0n) is 10.8. The maximum atomic E-state index is 13.3. The van der Waals surface area contributed by atoms with Crippen molar-refractivity contribution in [2.24, 2.45) is 0 Å². The van der Waals surface area contributed by atoms with Crippen molar-refractivity contribution in [3.05, 3.63) is 52.6 Å². The highest BCUT2D eigenvalue weighted by Crippen LogP contribution is 2.25. The van der Waals surface area contributed by atoms with Gasteiger partial charge in [0.15, 0.2) is 6.29 Å². The third kappa shape index (κ3) is 1.86. The second kappa shape index (κ2) is 4.77. The molecular weight excluding hydrogens is 229 g/mol. The molecule has 0 aliphatic carbocycles. The van der Waals surface area contributed by atoms with E-state index >= 15 is 0 Å². The topological polar surface area (TPSA) is 22.0 Å². The summed E-state index contributed by atoms with van der Waals surface area (Å²) in [5.74, 6) is -0.272. The number of aldehydes is 1. The van der Waals surface area contributed by atoms with Crippen LogP contribution in [0.3, 0.4) is 0 Å². The molecule has 2 aromatic rings. The molecule has 3 heteroatoms. The van der Waals surface area contributed by atoms with E-state index in [4.69, 9.17) is 0 Å². The summed E-state index contributed by atoms with van der Waals surface area (Å²) in [5, 5.41) is 0. The van der Waals surface area contributed by atoms with Crippen molar-refractivity contribution in [3.8, 4) is 5.69 Å². The lowest BCUT2D eigenvalue weighted by atomic mass is 10.1. The van der Waals surface area contributed by atoms with E-state index in [0.29, 0.717) is 0 Å². The second-order valence-electron chi connectivity index (χ2n) is 4.35. The van der Waals surface area contributed by atoms with E-state index in [-0.39, 0.29) is 5.82 Å². The summed E-state index contributed by atoms with van der Waals surface area (Å²) in [4.78, 5) is 11.2. The molecule has 2 nitrogen and oxygen atoms in total. The predicted octanol–water partition coefficient (Wildman–Crippen LogP) is 3.61. The fourth-order valence-electron chi connectivity index (χ4n) is 2.53. The van der Waals surface area contributed by atoms with E-state index in [1.54, 1.807) is 6.07 Å². The monoisotopic (exact) mass is 245 g/mol. The molecule has 0 amide bonds. The van der Waals surface area contributed by atoms with Gasteiger partial charge in [-0.25, -0.2) is 4.39 Å². The largest absolute Gasteiger partial charge is 0.317 e. The van der Waals surface area contributed by atoms with Gasteiger partial charge in [0.05, 0.1) is 0 Å². The van der Waals surface area contributed by atoms with Gasteiger partial charge in [0.1, 0.15) is 5.82 Å². The third-order valence-corrected chi connectivity index (χ3v) is 3.36. The van der Waals surface area contributed by atoms with Gasteiger partial charge in [-0.15, -0.1) is 0 Å². The molecule has 0 saturated carbocycles. The lowest BCUT2D eigenvalue weighted by Crippen LogP contribution is -2.00. The Morgan fingerprint density at radius 1 is 1.28 bits per heavy atom. The Hall–Kier alpha value is -1.90. The number of benzene rings is 1. The molecule has 0 aliphatic heterocycles. The summed E-state index contributed by atoms with van der Waals surface area (Å²) >= 11 is 0. The Bertz CT molecular complexity index is 599. The molecule has 2 rings (SSSR count). The fourth-order valence-corrected chi connectivity index (χ4v) is 2.53. The summed E-state index contributed by atoms with van der Waals surface area (Å²) in [7, 11) is 0. The number of carbonyl (C=O) groups is 1. The number of carbonyl (C=O) groups excluding carboxylic acids is 1. The highest BCUT2D eigenvalue weighted by Gasteiger charge is 2.16. The van der Waals surface area contributed by atoms with E-state index in [1.165, 1.54) is 12.1 Å². The van der Waals surface area contributed by atoms with Crippen LogP contribution in [0, 0.1) is 19.7 Å². The van der Waals surface area contributed by atoms with Crippen molar-refractivity contribution < 1.29 is 9.18 Å². The minimum atomic E-state index is -0.272. The minimum Gasteiger partial charge on any atom is -0.317 e. The van der Waals surface area contributed by atoms with Crippen molar-refractivity contribution in [2.75, 3.05) is 0 Å². The first-order valence-corrected chi connectivity index (χ1v) is 6.02. The van der Waals surface area contributed by atoms with Crippen molar-refractivity contribution in [1.82, 2.24) is 4.57 Å². The fraction of sp³-hybridized carbons (Fsp3) is 0.267. The second-order valence-corrected chi connectivity index (χ2v) is 4.35. The summed E-state index contributed by atoms with van der Waals surface area (Å²) in [5.41, 5.74) is 4.38. The zero-order valence-corrected chi connectivity index (χ0v) is 10.8. The summed E-state index contributed by atoms with van der Waals surface area (Å²) in [6, 6.07) is 6.42. The number of hydrogen-bond donors (Lipinski definition) is 0. The summed E-state index contributed by atoms with van der Waals surface area (Å²) in [6.07, 6.45) is 1.68. The Kier molecular flexibility index (Phi) is 3.32. The van der Waals surface area contributed by atoms with Crippen LogP contribution in [0.4, 0.5) is 4.39 Å². The lowest BCUT2D eigenvalue weighted by Gasteiger charge is -2.09. The zero-order chi connectivity index (χ0) is 13.3. The molecule has 1 heterocycles. The first-order valence-electron chi connectivity index (χ1n) is 6.02. The molecule has 1 aromatic carbocycles. The SMILES string of the molecule is CCc1c(C=O)c(C)n(-c2cccc(F)c2)c1C. The van der Waals surface area contributed by atoms with Crippen LogP contribution in [-0.4, -0.2) is 10.9 Å². The van der Waals surface area contributed by atoms with Crippen molar-refractivity contribution in [3.63, 3.8) is 0 Å². The van der Waals surface area contributed by atoms with Gasteiger partial charge >= 0.3 is 0 Å². The molecule has 0 bridgehead atoms. The molecule has 0 spiro atoms. The highest BCUT2D eigenvalue weighted by atomic mass is 19.1. The molecule has 94 valence electrons. The number of hydrogen-bond acceptors (Lipinski definition) is 1. The van der Waals surface area contributed by atoms with Crippen LogP contribution in [0.1, 0.15) is 34.2 Å². The molecule has 0 saturated heterocycles. The van der Waals surface area contributed by atoms with Crippen LogP contribution < -0.4 is 0 Å². The van der Waals surface area contributed by atoms with Crippen LogP contribution in [0.15, 0.2) is 24.3 Å². The number of halogens is 1. The maximum absolute atomic E-state index is 13.3. The van der Waals surface area contributed by atoms with Crippen LogP contribution >= 0.6 is 0 Å². The van der Waals surface area contributed by atoms with Crippen molar-refractivity contribution in [2.45, 2.75) is 27.2 Å². The van der Waals surface area contributed by atoms with Gasteiger partial charge in [-0.2, -0.15) is 0 Å².